The van der Waals surface area contributed by atoms with Gasteiger partial charge in [-0.1, -0.05) is 0 Å². The summed E-state index contributed by atoms with van der Waals surface area (Å²) in [6.07, 6.45) is 0. The highest BCUT2D eigenvalue weighted by atomic mass is 32.2. The molecule has 0 unspecified atom stereocenters. The van der Waals surface area contributed by atoms with Crippen LogP contribution in [-0.4, -0.2) is 23.2 Å². The molecule has 0 aromatic heterocycles. The molecule has 0 amide bonds. The monoisotopic (exact) mass is 204 g/mol. The first-order valence-electron chi connectivity index (χ1n) is 3.32. The van der Waals surface area contributed by atoms with Crippen LogP contribution in [0.5, 0.6) is 11.5 Å². The molecular formula is C7H8O5S. The lowest BCUT2D eigenvalue weighted by molar-refractivity contribution is 0.388. The van der Waals surface area contributed by atoms with E-state index >= 15 is 0 Å². The average Bonchev–Trinajstić information content (AvgIpc) is 1.94. The molecule has 0 saturated heterocycles. The summed E-state index contributed by atoms with van der Waals surface area (Å²) >= 11 is 0. The third-order valence-corrected chi connectivity index (χ3v) is 2.34. The van der Waals surface area contributed by atoms with Gasteiger partial charge in [0.15, 0.2) is 11.5 Å². The molecule has 0 radical (unpaired) electrons. The van der Waals surface area contributed by atoms with E-state index in [4.69, 9.17) is 14.8 Å². The first-order chi connectivity index (χ1) is 5.82. The SMILES string of the molecule is Cc1cc(O)c(O)c(S(=O)(=O)O)c1. The lowest BCUT2D eigenvalue weighted by Gasteiger charge is -2.04. The van der Waals surface area contributed by atoms with Crippen LogP contribution in [0.4, 0.5) is 0 Å². The third kappa shape index (κ3) is 1.90. The van der Waals surface area contributed by atoms with Crippen molar-refractivity contribution in [1.82, 2.24) is 0 Å². The highest BCUT2D eigenvalue weighted by Gasteiger charge is 2.18. The molecule has 6 heteroatoms. The zero-order valence-electron chi connectivity index (χ0n) is 6.72. The van der Waals surface area contributed by atoms with E-state index in [0.29, 0.717) is 5.56 Å². The highest BCUT2D eigenvalue weighted by Crippen LogP contribution is 2.32. The summed E-state index contributed by atoms with van der Waals surface area (Å²) in [5.41, 5.74) is 0.419. The predicted octanol–water partition coefficient (Wildman–Crippen LogP) is 0.653. The summed E-state index contributed by atoms with van der Waals surface area (Å²) < 4.78 is 29.9. The highest BCUT2D eigenvalue weighted by molar-refractivity contribution is 7.86. The first kappa shape index (κ1) is 9.82. The summed E-state index contributed by atoms with van der Waals surface area (Å²) in [5, 5.41) is 18.1. The Bertz CT molecular complexity index is 434. The smallest absolute Gasteiger partial charge is 0.298 e. The molecule has 0 aliphatic heterocycles. The summed E-state index contributed by atoms with van der Waals surface area (Å²) in [6, 6.07) is 2.24. The van der Waals surface area contributed by atoms with Gasteiger partial charge < -0.3 is 10.2 Å². The fraction of sp³-hybridized carbons (Fsp3) is 0.143. The van der Waals surface area contributed by atoms with Gasteiger partial charge in [-0.3, -0.25) is 4.55 Å². The maximum atomic E-state index is 10.6. The van der Waals surface area contributed by atoms with E-state index in [1.54, 1.807) is 0 Å². The molecule has 5 nitrogen and oxygen atoms in total. The van der Waals surface area contributed by atoms with Gasteiger partial charge in [-0.15, -0.1) is 0 Å². The summed E-state index contributed by atoms with van der Waals surface area (Å²) in [7, 11) is -4.49. The molecular weight excluding hydrogens is 196 g/mol. The standard InChI is InChI=1S/C7H8O5S/c1-4-2-5(8)7(9)6(3-4)13(10,11)12/h2-3,8-9H,1H3,(H,10,11,12). The second kappa shape index (κ2) is 2.90. The third-order valence-electron chi connectivity index (χ3n) is 1.48. The summed E-state index contributed by atoms with van der Waals surface area (Å²) in [4.78, 5) is -0.690. The number of benzene rings is 1. The van der Waals surface area contributed by atoms with Gasteiger partial charge in [-0.25, -0.2) is 0 Å². The average molecular weight is 204 g/mol. The normalized spacial score (nSPS) is 11.5. The zero-order valence-corrected chi connectivity index (χ0v) is 7.54. The maximum Gasteiger partial charge on any atom is 0.298 e. The number of aromatic hydroxyl groups is 2. The van der Waals surface area contributed by atoms with Gasteiger partial charge in [-0.2, -0.15) is 8.42 Å². The molecule has 0 aliphatic carbocycles. The minimum absolute atomic E-state index is 0.419. The predicted molar refractivity (Wildman–Crippen MR) is 44.3 cm³/mol. The number of aryl methyl sites for hydroxylation is 1. The van der Waals surface area contributed by atoms with Crippen LogP contribution in [0.2, 0.25) is 0 Å². The van der Waals surface area contributed by atoms with Gasteiger partial charge in [0, 0.05) is 0 Å². The Morgan fingerprint density at radius 1 is 1.23 bits per heavy atom. The van der Waals surface area contributed by atoms with Gasteiger partial charge in [0.25, 0.3) is 10.1 Å². The summed E-state index contributed by atoms with van der Waals surface area (Å²) in [6.45, 7) is 1.52. The van der Waals surface area contributed by atoms with Crippen molar-refractivity contribution >= 4 is 10.1 Å². The van der Waals surface area contributed by atoms with Gasteiger partial charge >= 0.3 is 0 Å². The number of rotatable bonds is 1. The van der Waals surface area contributed by atoms with E-state index in [1.165, 1.54) is 13.0 Å². The van der Waals surface area contributed by atoms with Crippen LogP contribution < -0.4 is 0 Å². The molecule has 1 aromatic rings. The van der Waals surface area contributed by atoms with Crippen LogP contribution in [0.15, 0.2) is 17.0 Å². The quantitative estimate of drug-likeness (QED) is 0.461. The van der Waals surface area contributed by atoms with E-state index in [0.717, 1.165) is 6.07 Å². The Morgan fingerprint density at radius 3 is 2.23 bits per heavy atom. The Labute approximate surface area is 75.0 Å². The molecule has 0 bridgehead atoms. The second-order valence-corrected chi connectivity index (χ2v) is 4.00. The van der Waals surface area contributed by atoms with Crippen molar-refractivity contribution in [3.63, 3.8) is 0 Å². The molecule has 0 aliphatic rings. The van der Waals surface area contributed by atoms with Gasteiger partial charge in [-0.05, 0) is 24.6 Å². The van der Waals surface area contributed by atoms with Gasteiger partial charge in [0.05, 0.1) is 0 Å². The molecule has 0 atom stereocenters. The van der Waals surface area contributed by atoms with Crippen molar-refractivity contribution in [2.75, 3.05) is 0 Å². The number of phenols is 2. The van der Waals surface area contributed by atoms with Crippen LogP contribution in [0.25, 0.3) is 0 Å². The molecule has 0 fully saturated rings. The van der Waals surface area contributed by atoms with Gasteiger partial charge in [0.2, 0.25) is 0 Å². The van der Waals surface area contributed by atoms with Crippen LogP contribution >= 0.6 is 0 Å². The Morgan fingerprint density at radius 2 is 1.77 bits per heavy atom. The van der Waals surface area contributed by atoms with Crippen molar-refractivity contribution in [2.45, 2.75) is 11.8 Å². The Kier molecular flexibility index (Phi) is 2.19. The van der Waals surface area contributed by atoms with E-state index in [1.807, 2.05) is 0 Å². The topological polar surface area (TPSA) is 94.8 Å². The molecule has 13 heavy (non-hydrogen) atoms. The largest absolute Gasteiger partial charge is 0.504 e. The minimum Gasteiger partial charge on any atom is -0.504 e. The molecule has 0 heterocycles. The fourth-order valence-electron chi connectivity index (χ4n) is 0.924. The lowest BCUT2D eigenvalue weighted by Crippen LogP contribution is -1.99. The minimum atomic E-state index is -4.49. The maximum absolute atomic E-state index is 10.6. The van der Waals surface area contributed by atoms with Crippen molar-refractivity contribution < 1.29 is 23.2 Å². The molecule has 0 spiro atoms. The number of phenolic OH excluding ortho intramolecular Hbond substituents is 2. The van der Waals surface area contributed by atoms with Crippen LogP contribution in [0.3, 0.4) is 0 Å². The van der Waals surface area contributed by atoms with Crippen molar-refractivity contribution in [3.8, 4) is 11.5 Å². The lowest BCUT2D eigenvalue weighted by atomic mass is 10.2. The first-order valence-corrected chi connectivity index (χ1v) is 4.76. The molecule has 3 N–H and O–H groups in total. The molecule has 0 saturated carbocycles. The zero-order chi connectivity index (χ0) is 10.2. The number of hydrogen-bond donors (Lipinski definition) is 3. The van der Waals surface area contributed by atoms with Crippen molar-refractivity contribution in [2.24, 2.45) is 0 Å². The van der Waals surface area contributed by atoms with Crippen LogP contribution in [0, 0.1) is 6.92 Å². The number of hydrogen-bond acceptors (Lipinski definition) is 4. The molecule has 1 aromatic carbocycles. The fourth-order valence-corrected chi connectivity index (χ4v) is 1.61. The van der Waals surface area contributed by atoms with Gasteiger partial charge in [0.1, 0.15) is 4.90 Å². The second-order valence-electron chi connectivity index (χ2n) is 2.61. The van der Waals surface area contributed by atoms with E-state index < -0.39 is 26.5 Å². The van der Waals surface area contributed by atoms with Crippen LogP contribution in [0.1, 0.15) is 5.56 Å². The van der Waals surface area contributed by atoms with Crippen molar-refractivity contribution in [3.05, 3.63) is 17.7 Å². The Balaban J connectivity index is 3.56. The van der Waals surface area contributed by atoms with Crippen LogP contribution in [-0.2, 0) is 10.1 Å². The molecule has 72 valence electrons. The molecule has 1 rings (SSSR count). The summed E-state index contributed by atoms with van der Waals surface area (Å²) in [5.74, 6) is -1.42. The Hall–Kier alpha value is -1.27. The van der Waals surface area contributed by atoms with E-state index in [9.17, 15) is 8.42 Å². The van der Waals surface area contributed by atoms with Crippen molar-refractivity contribution in [1.29, 1.82) is 0 Å². The van der Waals surface area contributed by atoms with E-state index in [-0.39, 0.29) is 0 Å². The van der Waals surface area contributed by atoms with E-state index in [2.05, 4.69) is 0 Å².